The van der Waals surface area contributed by atoms with Gasteiger partial charge >= 0.3 is 0 Å². The molecule has 0 aliphatic heterocycles. The Bertz CT molecular complexity index is 421. The van der Waals surface area contributed by atoms with E-state index in [4.69, 9.17) is 9.78 Å². The fourth-order valence-corrected chi connectivity index (χ4v) is 1.26. The Morgan fingerprint density at radius 3 is 2.53 bits per heavy atom. The van der Waals surface area contributed by atoms with Crippen molar-refractivity contribution in [1.29, 1.82) is 0 Å². The molecule has 0 aliphatic rings. The number of hydrogen-bond donors (Lipinski definition) is 1. The molecule has 0 radical (unpaired) electrons. The van der Waals surface area contributed by atoms with Crippen molar-refractivity contribution < 1.29 is 9.78 Å². The highest BCUT2D eigenvalue weighted by molar-refractivity contribution is 5.81. The molecule has 0 aliphatic carbocycles. The minimum atomic E-state index is -0.308. The Balaban J connectivity index is 2.16. The van der Waals surface area contributed by atoms with Gasteiger partial charge in [-0.3, -0.25) is 0 Å². The van der Waals surface area contributed by atoms with Gasteiger partial charge in [-0.05, 0) is 26.8 Å². The number of aromatic amines is 1. The number of benzene rings is 1. The van der Waals surface area contributed by atoms with Gasteiger partial charge in [0.05, 0.1) is 0 Å². The van der Waals surface area contributed by atoms with Gasteiger partial charge in [0.15, 0.2) is 0 Å². The molecule has 1 heterocycles. The topological polar surface area (TPSA) is 34.2 Å². The van der Waals surface area contributed by atoms with Crippen LogP contribution in [0.4, 0.5) is 0 Å². The molecule has 1 N–H and O–H groups in total. The molecule has 1 aromatic carbocycles. The van der Waals surface area contributed by atoms with Crippen molar-refractivity contribution in [2.45, 2.75) is 26.4 Å². The first-order chi connectivity index (χ1) is 7.04. The highest BCUT2D eigenvalue weighted by Crippen LogP contribution is 2.21. The number of nitrogens with one attached hydrogen (secondary N) is 1. The maximum Gasteiger partial charge on any atom is 0.235 e. The normalized spacial score (nSPS) is 11.9. The summed E-state index contributed by atoms with van der Waals surface area (Å²) < 4.78 is 0. The molecule has 0 saturated heterocycles. The number of hydrogen-bond acceptors (Lipinski definition) is 2. The molecule has 15 heavy (non-hydrogen) atoms. The second kappa shape index (κ2) is 3.59. The summed E-state index contributed by atoms with van der Waals surface area (Å²) in [6.45, 7) is 5.82. The molecule has 0 atom stereocenters. The molecule has 0 saturated carbocycles. The lowest BCUT2D eigenvalue weighted by atomic mass is 10.2. The highest BCUT2D eigenvalue weighted by atomic mass is 17.2. The van der Waals surface area contributed by atoms with E-state index in [1.165, 1.54) is 0 Å². The zero-order valence-corrected chi connectivity index (χ0v) is 9.20. The Morgan fingerprint density at radius 2 is 1.87 bits per heavy atom. The van der Waals surface area contributed by atoms with Crippen molar-refractivity contribution in [2.24, 2.45) is 0 Å². The second-order valence-corrected chi connectivity index (χ2v) is 4.50. The van der Waals surface area contributed by atoms with Crippen molar-refractivity contribution >= 4 is 10.9 Å². The van der Waals surface area contributed by atoms with Gasteiger partial charge < -0.3 is 9.87 Å². The van der Waals surface area contributed by atoms with Gasteiger partial charge in [-0.25, -0.2) is 0 Å². The third kappa shape index (κ3) is 2.50. The Hall–Kier alpha value is -1.48. The molecular weight excluding hydrogens is 190 g/mol. The quantitative estimate of drug-likeness (QED) is 0.603. The van der Waals surface area contributed by atoms with Crippen molar-refractivity contribution in [1.82, 2.24) is 4.98 Å². The zero-order chi connectivity index (χ0) is 10.9. The molecule has 80 valence electrons. The van der Waals surface area contributed by atoms with Crippen LogP contribution in [0.5, 0.6) is 5.88 Å². The number of aromatic nitrogens is 1. The van der Waals surface area contributed by atoms with Crippen molar-refractivity contribution in [3.8, 4) is 5.88 Å². The van der Waals surface area contributed by atoms with E-state index >= 15 is 0 Å². The maximum absolute atomic E-state index is 5.21. The summed E-state index contributed by atoms with van der Waals surface area (Å²) in [5.74, 6) is 0.631. The third-order valence-electron chi connectivity index (χ3n) is 1.89. The van der Waals surface area contributed by atoms with Crippen LogP contribution in [0.25, 0.3) is 10.9 Å². The van der Waals surface area contributed by atoms with Crippen LogP contribution in [0, 0.1) is 0 Å². The van der Waals surface area contributed by atoms with Crippen LogP contribution < -0.4 is 4.89 Å². The van der Waals surface area contributed by atoms with Crippen LogP contribution >= 0.6 is 0 Å². The zero-order valence-electron chi connectivity index (χ0n) is 9.20. The Morgan fingerprint density at radius 1 is 1.13 bits per heavy atom. The summed E-state index contributed by atoms with van der Waals surface area (Å²) in [5.41, 5.74) is 0.738. The summed E-state index contributed by atoms with van der Waals surface area (Å²) >= 11 is 0. The van der Waals surface area contributed by atoms with Crippen molar-refractivity contribution in [2.75, 3.05) is 0 Å². The van der Waals surface area contributed by atoms with E-state index in [2.05, 4.69) is 4.98 Å². The van der Waals surface area contributed by atoms with Crippen LogP contribution in [-0.4, -0.2) is 10.6 Å². The predicted octanol–water partition coefficient (Wildman–Crippen LogP) is 3.28. The van der Waals surface area contributed by atoms with Gasteiger partial charge in [-0.1, -0.05) is 18.2 Å². The van der Waals surface area contributed by atoms with Crippen LogP contribution in [0.3, 0.4) is 0 Å². The molecule has 0 unspecified atom stereocenters. The standard InChI is InChI=1S/C12H15NO2/c1-12(2,3)15-14-11-8-9-6-4-5-7-10(9)13-11/h4-8,13H,1-3H3. The van der Waals surface area contributed by atoms with Crippen molar-refractivity contribution in [3.63, 3.8) is 0 Å². The van der Waals surface area contributed by atoms with E-state index < -0.39 is 0 Å². The van der Waals surface area contributed by atoms with Crippen LogP contribution in [0.2, 0.25) is 0 Å². The molecule has 1 aromatic heterocycles. The Kier molecular flexibility index (Phi) is 2.40. The van der Waals surface area contributed by atoms with Gasteiger partial charge in [0.2, 0.25) is 5.88 Å². The molecule has 0 fully saturated rings. The summed E-state index contributed by atoms with van der Waals surface area (Å²) in [5, 5.41) is 1.12. The van der Waals surface area contributed by atoms with E-state index in [9.17, 15) is 0 Å². The third-order valence-corrected chi connectivity index (χ3v) is 1.89. The largest absolute Gasteiger partial charge is 0.323 e. The first-order valence-electron chi connectivity index (χ1n) is 4.98. The molecule has 2 rings (SSSR count). The van der Waals surface area contributed by atoms with E-state index in [0.29, 0.717) is 5.88 Å². The fraction of sp³-hybridized carbons (Fsp3) is 0.333. The highest BCUT2D eigenvalue weighted by Gasteiger charge is 2.13. The monoisotopic (exact) mass is 205 g/mol. The van der Waals surface area contributed by atoms with Crippen LogP contribution in [-0.2, 0) is 4.89 Å². The summed E-state index contributed by atoms with van der Waals surface area (Å²) in [6.07, 6.45) is 0. The first kappa shape index (κ1) is 10.1. The molecule has 2 aromatic rings. The van der Waals surface area contributed by atoms with Crippen LogP contribution in [0.15, 0.2) is 30.3 Å². The SMILES string of the molecule is CC(C)(C)OOc1cc2ccccc2[nH]1. The number of fused-ring (bicyclic) bond motifs is 1. The van der Waals surface area contributed by atoms with E-state index in [-0.39, 0.29) is 5.60 Å². The van der Waals surface area contributed by atoms with E-state index in [1.807, 2.05) is 51.1 Å². The summed E-state index contributed by atoms with van der Waals surface area (Å²) in [4.78, 5) is 13.5. The summed E-state index contributed by atoms with van der Waals surface area (Å²) in [6, 6.07) is 9.91. The molecule has 3 nitrogen and oxygen atoms in total. The van der Waals surface area contributed by atoms with Crippen molar-refractivity contribution in [3.05, 3.63) is 30.3 Å². The van der Waals surface area contributed by atoms with E-state index in [1.54, 1.807) is 0 Å². The number of H-pyrrole nitrogens is 1. The maximum atomic E-state index is 5.21. The lowest BCUT2D eigenvalue weighted by Gasteiger charge is -2.16. The molecule has 0 spiro atoms. The lowest BCUT2D eigenvalue weighted by Crippen LogP contribution is -2.21. The molecule has 3 heteroatoms. The van der Waals surface area contributed by atoms with Crippen LogP contribution in [0.1, 0.15) is 20.8 Å². The predicted molar refractivity (Wildman–Crippen MR) is 59.8 cm³/mol. The Labute approximate surface area is 88.9 Å². The molecular formula is C12H15NO2. The minimum absolute atomic E-state index is 0.308. The van der Waals surface area contributed by atoms with Gasteiger partial charge in [-0.2, -0.15) is 4.89 Å². The summed E-state index contributed by atoms with van der Waals surface area (Å²) in [7, 11) is 0. The average Bonchev–Trinajstić information content (AvgIpc) is 2.56. The fourth-order valence-electron chi connectivity index (χ4n) is 1.26. The average molecular weight is 205 g/mol. The number of para-hydroxylation sites is 1. The molecule has 0 bridgehead atoms. The lowest BCUT2D eigenvalue weighted by molar-refractivity contribution is -0.276. The van der Waals surface area contributed by atoms with Gasteiger partial charge in [0.25, 0.3) is 0 Å². The van der Waals surface area contributed by atoms with Gasteiger partial charge in [0, 0.05) is 17.0 Å². The first-order valence-corrected chi connectivity index (χ1v) is 4.98. The van der Waals surface area contributed by atoms with E-state index in [0.717, 1.165) is 10.9 Å². The van der Waals surface area contributed by atoms with Gasteiger partial charge in [-0.15, -0.1) is 0 Å². The van der Waals surface area contributed by atoms with Gasteiger partial charge in [0.1, 0.15) is 5.60 Å². The molecule has 0 amide bonds. The number of rotatable bonds is 2. The smallest absolute Gasteiger partial charge is 0.235 e. The second-order valence-electron chi connectivity index (χ2n) is 4.50. The minimum Gasteiger partial charge on any atom is -0.323 e.